The molecule has 0 radical (unpaired) electrons. The van der Waals surface area contributed by atoms with E-state index in [2.05, 4.69) is 10.1 Å². The van der Waals surface area contributed by atoms with Gasteiger partial charge in [0, 0.05) is 18.2 Å². The second-order valence-corrected chi connectivity index (χ2v) is 2.76. The minimum absolute atomic E-state index is 0.611. The van der Waals surface area contributed by atoms with Crippen LogP contribution in [0.3, 0.4) is 0 Å². The van der Waals surface area contributed by atoms with Crippen LogP contribution in [-0.4, -0.2) is 20.9 Å². The summed E-state index contributed by atoms with van der Waals surface area (Å²) in [5.74, 6) is 0.794. The second-order valence-electron chi connectivity index (χ2n) is 2.76. The number of aryl methyl sites for hydroxylation is 1. The highest BCUT2D eigenvalue weighted by Gasteiger charge is 2.00. The Balaban J connectivity index is 2.63. The Morgan fingerprint density at radius 2 is 2.38 bits per heavy atom. The zero-order chi connectivity index (χ0) is 9.26. The summed E-state index contributed by atoms with van der Waals surface area (Å²) < 4.78 is 1.63. The van der Waals surface area contributed by atoms with Crippen molar-refractivity contribution in [3.8, 4) is 0 Å². The molecule has 0 aromatic carbocycles. The number of fused-ring (bicyclic) bond motifs is 1. The molecule has 0 aliphatic heterocycles. The van der Waals surface area contributed by atoms with E-state index in [-0.39, 0.29) is 0 Å². The fraction of sp³-hybridized carbons (Fsp3) is 0.222. The fourth-order valence-electron chi connectivity index (χ4n) is 1.16. The third-order valence-corrected chi connectivity index (χ3v) is 1.85. The van der Waals surface area contributed by atoms with Gasteiger partial charge in [0.2, 0.25) is 0 Å². The first kappa shape index (κ1) is 7.91. The van der Waals surface area contributed by atoms with Crippen molar-refractivity contribution in [1.29, 1.82) is 0 Å². The lowest BCUT2D eigenvalue weighted by Crippen LogP contribution is -1.90. The Morgan fingerprint density at radius 3 is 3.08 bits per heavy atom. The normalized spacial score (nSPS) is 10.5. The standard InChI is InChI=1S/C9H9N3O/c1-2-8-10-9-4-3-7(6-13)5-12(9)11-8/h3-6H,2H2,1H3. The highest BCUT2D eigenvalue weighted by atomic mass is 16.1. The van der Waals surface area contributed by atoms with Gasteiger partial charge in [0.15, 0.2) is 17.8 Å². The van der Waals surface area contributed by atoms with Crippen molar-refractivity contribution < 1.29 is 4.79 Å². The van der Waals surface area contributed by atoms with Crippen LogP contribution in [0.4, 0.5) is 0 Å². The molecule has 0 atom stereocenters. The summed E-state index contributed by atoms with van der Waals surface area (Å²) in [7, 11) is 0. The summed E-state index contributed by atoms with van der Waals surface area (Å²) in [6.07, 6.45) is 3.28. The van der Waals surface area contributed by atoms with E-state index in [1.807, 2.05) is 6.92 Å². The predicted molar refractivity (Wildman–Crippen MR) is 47.8 cm³/mol. The number of hydrogen-bond donors (Lipinski definition) is 0. The van der Waals surface area contributed by atoms with Crippen LogP contribution in [0.5, 0.6) is 0 Å². The second kappa shape index (κ2) is 2.97. The number of rotatable bonds is 2. The average Bonchev–Trinajstić information content (AvgIpc) is 2.58. The van der Waals surface area contributed by atoms with Gasteiger partial charge in [-0.05, 0) is 12.1 Å². The molecule has 0 fully saturated rings. The van der Waals surface area contributed by atoms with Crippen LogP contribution in [0.2, 0.25) is 0 Å². The van der Waals surface area contributed by atoms with Crippen molar-refractivity contribution in [3.63, 3.8) is 0 Å². The highest BCUT2D eigenvalue weighted by molar-refractivity contribution is 5.74. The van der Waals surface area contributed by atoms with Gasteiger partial charge in [-0.1, -0.05) is 6.92 Å². The predicted octanol–water partition coefficient (Wildman–Crippen LogP) is 1.10. The monoisotopic (exact) mass is 175 g/mol. The van der Waals surface area contributed by atoms with E-state index in [0.29, 0.717) is 5.56 Å². The molecule has 0 bridgehead atoms. The van der Waals surface area contributed by atoms with Crippen molar-refractivity contribution in [2.24, 2.45) is 0 Å². The molecule has 2 aromatic heterocycles. The van der Waals surface area contributed by atoms with Crippen molar-refractivity contribution in [1.82, 2.24) is 14.6 Å². The molecule has 13 heavy (non-hydrogen) atoms. The molecule has 2 heterocycles. The average molecular weight is 175 g/mol. The van der Waals surface area contributed by atoms with Gasteiger partial charge in [0.05, 0.1) is 0 Å². The van der Waals surface area contributed by atoms with Crippen LogP contribution in [0.1, 0.15) is 23.1 Å². The Kier molecular flexibility index (Phi) is 1.81. The van der Waals surface area contributed by atoms with Gasteiger partial charge in [-0.2, -0.15) is 5.10 Å². The Morgan fingerprint density at radius 1 is 1.54 bits per heavy atom. The van der Waals surface area contributed by atoms with Gasteiger partial charge in [-0.3, -0.25) is 4.79 Å². The lowest BCUT2D eigenvalue weighted by atomic mass is 10.3. The molecule has 0 N–H and O–H groups in total. The summed E-state index contributed by atoms with van der Waals surface area (Å²) in [6.45, 7) is 2.00. The van der Waals surface area contributed by atoms with Crippen molar-refractivity contribution in [2.75, 3.05) is 0 Å². The largest absolute Gasteiger partial charge is 0.298 e. The maximum absolute atomic E-state index is 10.5. The lowest BCUT2D eigenvalue weighted by Gasteiger charge is -1.90. The van der Waals surface area contributed by atoms with E-state index in [1.54, 1.807) is 22.8 Å². The zero-order valence-corrected chi connectivity index (χ0v) is 7.27. The molecule has 2 rings (SSSR count). The number of aldehydes is 1. The quantitative estimate of drug-likeness (QED) is 0.642. The molecular weight excluding hydrogens is 166 g/mol. The van der Waals surface area contributed by atoms with Gasteiger partial charge < -0.3 is 0 Å². The number of nitrogens with zero attached hydrogens (tertiary/aromatic N) is 3. The van der Waals surface area contributed by atoms with Gasteiger partial charge in [0.25, 0.3) is 0 Å². The van der Waals surface area contributed by atoms with Gasteiger partial charge in [-0.15, -0.1) is 0 Å². The molecule has 0 aliphatic rings. The molecule has 0 amide bonds. The summed E-state index contributed by atoms with van der Waals surface area (Å²) >= 11 is 0. The molecule has 2 aromatic rings. The first-order chi connectivity index (χ1) is 6.33. The SMILES string of the molecule is CCc1nc2ccc(C=O)cn2n1. The van der Waals surface area contributed by atoms with E-state index in [9.17, 15) is 4.79 Å². The third-order valence-electron chi connectivity index (χ3n) is 1.85. The highest BCUT2D eigenvalue weighted by Crippen LogP contribution is 2.03. The summed E-state index contributed by atoms with van der Waals surface area (Å²) in [5, 5.41) is 4.19. The molecule has 0 saturated carbocycles. The molecule has 0 spiro atoms. The smallest absolute Gasteiger partial charge is 0.155 e. The minimum atomic E-state index is 0.611. The summed E-state index contributed by atoms with van der Waals surface area (Å²) in [4.78, 5) is 14.7. The van der Waals surface area contributed by atoms with Crippen LogP contribution in [0.15, 0.2) is 18.3 Å². The Labute approximate surface area is 75.2 Å². The Bertz CT molecular complexity index is 447. The fourth-order valence-corrected chi connectivity index (χ4v) is 1.16. The van der Waals surface area contributed by atoms with Crippen molar-refractivity contribution in [3.05, 3.63) is 29.7 Å². The van der Waals surface area contributed by atoms with Crippen LogP contribution in [-0.2, 0) is 6.42 Å². The minimum Gasteiger partial charge on any atom is -0.298 e. The van der Waals surface area contributed by atoms with Crippen molar-refractivity contribution in [2.45, 2.75) is 13.3 Å². The van der Waals surface area contributed by atoms with Crippen LogP contribution in [0, 0.1) is 0 Å². The van der Waals surface area contributed by atoms with E-state index >= 15 is 0 Å². The molecule has 0 saturated heterocycles. The molecule has 4 heteroatoms. The van der Waals surface area contributed by atoms with Gasteiger partial charge in [-0.25, -0.2) is 9.50 Å². The maximum atomic E-state index is 10.5. The molecule has 0 aliphatic carbocycles. The molecule has 4 nitrogen and oxygen atoms in total. The van der Waals surface area contributed by atoms with E-state index in [1.165, 1.54) is 0 Å². The van der Waals surface area contributed by atoms with E-state index < -0.39 is 0 Å². The lowest BCUT2D eigenvalue weighted by molar-refractivity contribution is 0.112. The topological polar surface area (TPSA) is 47.3 Å². The molecule has 66 valence electrons. The zero-order valence-electron chi connectivity index (χ0n) is 7.27. The summed E-state index contributed by atoms with van der Waals surface area (Å²) in [6, 6.07) is 3.52. The van der Waals surface area contributed by atoms with Crippen molar-refractivity contribution >= 4 is 11.9 Å². The first-order valence-corrected chi connectivity index (χ1v) is 4.14. The van der Waals surface area contributed by atoms with Gasteiger partial charge in [0.1, 0.15) is 0 Å². The number of carbonyl (C=O) groups is 1. The first-order valence-electron chi connectivity index (χ1n) is 4.14. The van der Waals surface area contributed by atoms with E-state index in [0.717, 1.165) is 24.2 Å². The number of pyridine rings is 1. The van der Waals surface area contributed by atoms with Gasteiger partial charge >= 0.3 is 0 Å². The molecule has 0 unspecified atom stereocenters. The Hall–Kier alpha value is -1.71. The van der Waals surface area contributed by atoms with Crippen LogP contribution in [0.25, 0.3) is 5.65 Å². The number of aromatic nitrogens is 3. The summed E-state index contributed by atoms with van der Waals surface area (Å²) in [5.41, 5.74) is 1.39. The number of hydrogen-bond acceptors (Lipinski definition) is 3. The van der Waals surface area contributed by atoms with Crippen LogP contribution < -0.4 is 0 Å². The van der Waals surface area contributed by atoms with Crippen LogP contribution >= 0.6 is 0 Å². The maximum Gasteiger partial charge on any atom is 0.155 e. The number of carbonyl (C=O) groups excluding carboxylic acids is 1. The van der Waals surface area contributed by atoms with E-state index in [4.69, 9.17) is 0 Å². The molecular formula is C9H9N3O. The third kappa shape index (κ3) is 1.30.